The second-order valence-electron chi connectivity index (χ2n) is 5.10. The molecule has 102 valence electrons. The van der Waals surface area contributed by atoms with Crippen LogP contribution in [-0.4, -0.2) is 5.78 Å². The van der Waals surface area contributed by atoms with Crippen molar-refractivity contribution in [3.05, 3.63) is 69.2 Å². The number of benzene rings is 2. The highest BCUT2D eigenvalue weighted by Crippen LogP contribution is 2.37. The Balaban J connectivity index is 2.05. The number of fused-ring (bicyclic) bond motifs is 1. The van der Waals surface area contributed by atoms with Gasteiger partial charge >= 0.3 is 0 Å². The quantitative estimate of drug-likeness (QED) is 0.688. The van der Waals surface area contributed by atoms with Crippen molar-refractivity contribution in [1.82, 2.24) is 0 Å². The molecule has 0 radical (unpaired) electrons. The minimum Gasteiger partial charge on any atom is -0.293 e. The van der Waals surface area contributed by atoms with Crippen LogP contribution in [0.25, 0.3) is 0 Å². The van der Waals surface area contributed by atoms with Crippen LogP contribution >= 0.6 is 23.2 Å². The topological polar surface area (TPSA) is 17.1 Å². The molecule has 3 heteroatoms. The van der Waals surface area contributed by atoms with Crippen LogP contribution in [0, 0.1) is 0 Å². The highest BCUT2D eigenvalue weighted by molar-refractivity contribution is 6.40. The van der Waals surface area contributed by atoms with Gasteiger partial charge in [0.05, 0.1) is 15.6 Å². The second-order valence-corrected chi connectivity index (χ2v) is 5.92. The maximum absolute atomic E-state index is 12.8. The Labute approximate surface area is 128 Å². The molecule has 0 saturated carbocycles. The van der Waals surface area contributed by atoms with E-state index in [2.05, 4.69) is 6.07 Å². The molecular weight excluding hydrogens is 291 g/mol. The van der Waals surface area contributed by atoms with E-state index in [-0.39, 0.29) is 11.7 Å². The molecule has 1 unspecified atom stereocenters. The number of carbonyl (C=O) groups excluding carboxylic acids is 1. The molecule has 0 fully saturated rings. The average Bonchev–Trinajstić information content (AvgIpc) is 2.46. The molecule has 0 spiro atoms. The summed E-state index contributed by atoms with van der Waals surface area (Å²) in [6, 6.07) is 13.3. The Kier molecular flexibility index (Phi) is 3.82. The zero-order chi connectivity index (χ0) is 14.1. The molecule has 0 N–H and O–H groups in total. The SMILES string of the molecule is O=C(c1c(Cl)cccc1Cl)C1CCCc2ccccc21. The summed E-state index contributed by atoms with van der Waals surface area (Å²) in [5.41, 5.74) is 2.84. The average molecular weight is 305 g/mol. The van der Waals surface area contributed by atoms with Crippen LogP contribution in [0.1, 0.15) is 40.2 Å². The van der Waals surface area contributed by atoms with Gasteiger partial charge < -0.3 is 0 Å². The number of carbonyl (C=O) groups is 1. The van der Waals surface area contributed by atoms with Gasteiger partial charge in [-0.2, -0.15) is 0 Å². The van der Waals surface area contributed by atoms with E-state index in [1.165, 1.54) is 5.56 Å². The monoisotopic (exact) mass is 304 g/mol. The Hall–Kier alpha value is -1.31. The van der Waals surface area contributed by atoms with E-state index < -0.39 is 0 Å². The molecule has 0 bridgehead atoms. The van der Waals surface area contributed by atoms with Crippen molar-refractivity contribution < 1.29 is 4.79 Å². The molecule has 0 aliphatic heterocycles. The molecule has 20 heavy (non-hydrogen) atoms. The van der Waals surface area contributed by atoms with Gasteiger partial charge in [0, 0.05) is 5.92 Å². The Morgan fingerprint density at radius 2 is 1.70 bits per heavy atom. The van der Waals surface area contributed by atoms with Crippen LogP contribution in [0.4, 0.5) is 0 Å². The summed E-state index contributed by atoms with van der Waals surface area (Å²) in [5.74, 6) is -0.0925. The van der Waals surface area contributed by atoms with Crippen molar-refractivity contribution in [2.24, 2.45) is 0 Å². The van der Waals surface area contributed by atoms with Gasteiger partial charge in [0.2, 0.25) is 0 Å². The molecule has 1 aliphatic rings. The van der Waals surface area contributed by atoms with E-state index in [1.54, 1.807) is 18.2 Å². The van der Waals surface area contributed by atoms with Crippen molar-refractivity contribution in [1.29, 1.82) is 0 Å². The second kappa shape index (κ2) is 5.59. The van der Waals surface area contributed by atoms with Crippen LogP contribution in [0.15, 0.2) is 42.5 Å². The van der Waals surface area contributed by atoms with Crippen molar-refractivity contribution in [2.45, 2.75) is 25.2 Å². The number of Topliss-reactive ketones (excluding diaryl/α,β-unsaturated/α-hetero) is 1. The van der Waals surface area contributed by atoms with Gasteiger partial charge in [0.1, 0.15) is 0 Å². The van der Waals surface area contributed by atoms with Crippen molar-refractivity contribution in [2.75, 3.05) is 0 Å². The Bertz CT molecular complexity index is 644. The van der Waals surface area contributed by atoms with Crippen molar-refractivity contribution >= 4 is 29.0 Å². The first kappa shape index (κ1) is 13.7. The fraction of sp³-hybridized carbons (Fsp3) is 0.235. The maximum atomic E-state index is 12.8. The summed E-state index contributed by atoms with van der Waals surface area (Å²) in [5, 5.41) is 0.871. The van der Waals surface area contributed by atoms with Gasteiger partial charge in [-0.05, 0) is 42.5 Å². The van der Waals surface area contributed by atoms with Crippen LogP contribution in [0.2, 0.25) is 10.0 Å². The lowest BCUT2D eigenvalue weighted by atomic mass is 9.79. The fourth-order valence-corrected chi connectivity index (χ4v) is 3.52. The first-order chi connectivity index (χ1) is 9.68. The number of halogens is 2. The third-order valence-corrected chi connectivity index (χ3v) is 4.53. The highest BCUT2D eigenvalue weighted by atomic mass is 35.5. The van der Waals surface area contributed by atoms with Gasteiger partial charge in [-0.15, -0.1) is 0 Å². The third-order valence-electron chi connectivity index (χ3n) is 3.90. The van der Waals surface area contributed by atoms with Gasteiger partial charge in [0.15, 0.2) is 5.78 Å². The summed E-state index contributed by atoms with van der Waals surface area (Å²) in [6.45, 7) is 0. The van der Waals surface area contributed by atoms with E-state index in [9.17, 15) is 4.79 Å². The molecular formula is C17H14Cl2O. The molecule has 0 saturated heterocycles. The lowest BCUT2D eigenvalue weighted by Gasteiger charge is -2.25. The summed E-state index contributed by atoms with van der Waals surface area (Å²) in [4.78, 5) is 12.8. The lowest BCUT2D eigenvalue weighted by molar-refractivity contribution is 0.0951. The van der Waals surface area contributed by atoms with E-state index in [0.29, 0.717) is 15.6 Å². The summed E-state index contributed by atoms with van der Waals surface area (Å²) >= 11 is 12.3. The smallest absolute Gasteiger partial charge is 0.173 e. The van der Waals surface area contributed by atoms with Crippen LogP contribution in [-0.2, 0) is 6.42 Å². The molecule has 0 amide bonds. The number of ketones is 1. The number of aryl methyl sites for hydroxylation is 1. The predicted octanol–water partition coefficient (Wildman–Crippen LogP) is 5.30. The van der Waals surface area contributed by atoms with Gasteiger partial charge in [0.25, 0.3) is 0 Å². The Morgan fingerprint density at radius 3 is 2.45 bits per heavy atom. The number of rotatable bonds is 2. The first-order valence-corrected chi connectivity index (χ1v) is 7.50. The zero-order valence-corrected chi connectivity index (χ0v) is 12.4. The van der Waals surface area contributed by atoms with E-state index in [1.807, 2.05) is 18.2 Å². The van der Waals surface area contributed by atoms with Crippen molar-refractivity contribution in [3.63, 3.8) is 0 Å². The molecule has 2 aromatic rings. The molecule has 1 nitrogen and oxygen atoms in total. The van der Waals surface area contributed by atoms with Crippen LogP contribution in [0.3, 0.4) is 0 Å². The van der Waals surface area contributed by atoms with Gasteiger partial charge in [-0.3, -0.25) is 4.79 Å². The molecule has 0 heterocycles. The highest BCUT2D eigenvalue weighted by Gasteiger charge is 2.29. The predicted molar refractivity (Wildman–Crippen MR) is 82.9 cm³/mol. The zero-order valence-electron chi connectivity index (χ0n) is 10.9. The Morgan fingerprint density at radius 1 is 1.00 bits per heavy atom. The largest absolute Gasteiger partial charge is 0.293 e. The van der Waals surface area contributed by atoms with E-state index in [0.717, 1.165) is 24.8 Å². The summed E-state index contributed by atoms with van der Waals surface area (Å²) in [7, 11) is 0. The summed E-state index contributed by atoms with van der Waals surface area (Å²) in [6.07, 6.45) is 2.92. The minimum atomic E-state index is -0.127. The number of hydrogen-bond donors (Lipinski definition) is 0. The van der Waals surface area contributed by atoms with Crippen molar-refractivity contribution in [3.8, 4) is 0 Å². The van der Waals surface area contributed by atoms with Crippen LogP contribution < -0.4 is 0 Å². The standard InChI is InChI=1S/C17H14Cl2O/c18-14-9-4-10-15(19)16(14)17(20)13-8-3-6-11-5-1-2-7-12(11)13/h1-2,4-5,7,9-10,13H,3,6,8H2. The minimum absolute atomic E-state index is 0.0350. The van der Waals surface area contributed by atoms with Gasteiger partial charge in [-0.1, -0.05) is 53.5 Å². The van der Waals surface area contributed by atoms with E-state index in [4.69, 9.17) is 23.2 Å². The first-order valence-electron chi connectivity index (χ1n) is 6.74. The number of hydrogen-bond acceptors (Lipinski definition) is 1. The molecule has 1 atom stereocenters. The molecule has 0 aromatic heterocycles. The third kappa shape index (κ3) is 2.36. The van der Waals surface area contributed by atoms with E-state index >= 15 is 0 Å². The fourth-order valence-electron chi connectivity index (χ4n) is 2.93. The normalized spacial score (nSPS) is 17.6. The van der Waals surface area contributed by atoms with Gasteiger partial charge in [-0.25, -0.2) is 0 Å². The molecule has 2 aromatic carbocycles. The summed E-state index contributed by atoms with van der Waals surface area (Å²) < 4.78 is 0. The van der Waals surface area contributed by atoms with Crippen LogP contribution in [0.5, 0.6) is 0 Å². The maximum Gasteiger partial charge on any atom is 0.173 e. The molecule has 3 rings (SSSR count). The molecule has 1 aliphatic carbocycles. The lowest BCUT2D eigenvalue weighted by Crippen LogP contribution is -2.19.